The second kappa shape index (κ2) is 5.31. The van der Waals surface area contributed by atoms with Gasteiger partial charge < -0.3 is 9.47 Å². The molecule has 0 fully saturated rings. The van der Waals surface area contributed by atoms with E-state index in [1.54, 1.807) is 36.3 Å². The van der Waals surface area contributed by atoms with Gasteiger partial charge in [0.05, 0.1) is 26.8 Å². The van der Waals surface area contributed by atoms with Crippen LogP contribution < -0.4 is 4.74 Å². The van der Waals surface area contributed by atoms with Gasteiger partial charge in [-0.05, 0) is 6.07 Å². The van der Waals surface area contributed by atoms with Crippen LogP contribution in [0, 0.1) is 0 Å². The van der Waals surface area contributed by atoms with Crippen molar-refractivity contribution in [1.82, 2.24) is 14.8 Å². The average molecular weight is 247 g/mol. The van der Waals surface area contributed by atoms with Gasteiger partial charge in [0.2, 0.25) is 5.88 Å². The lowest BCUT2D eigenvalue weighted by Crippen LogP contribution is -2.03. The molecule has 2 rings (SSSR count). The fourth-order valence-electron chi connectivity index (χ4n) is 1.46. The normalized spacial score (nSPS) is 10.1. The fourth-order valence-corrected chi connectivity index (χ4v) is 1.46. The summed E-state index contributed by atoms with van der Waals surface area (Å²) in [6, 6.07) is 5.38. The predicted molar refractivity (Wildman–Crippen MR) is 63.6 cm³/mol. The van der Waals surface area contributed by atoms with Crippen LogP contribution in [0.15, 0.2) is 30.6 Å². The van der Waals surface area contributed by atoms with Gasteiger partial charge in [-0.1, -0.05) is 6.07 Å². The molecule has 94 valence electrons. The smallest absolute Gasteiger partial charge is 0.310 e. The minimum atomic E-state index is -0.298. The Balaban J connectivity index is 2.20. The van der Waals surface area contributed by atoms with Crippen LogP contribution in [0.1, 0.15) is 5.56 Å². The molecule has 0 saturated carbocycles. The number of aromatic nitrogens is 3. The first-order chi connectivity index (χ1) is 8.72. The van der Waals surface area contributed by atoms with Gasteiger partial charge in [-0.25, -0.2) is 4.68 Å². The molecule has 0 spiro atoms. The Labute approximate surface area is 104 Å². The fraction of sp³-hybridized carbons (Fsp3) is 0.250. The van der Waals surface area contributed by atoms with Gasteiger partial charge in [-0.15, -0.1) is 0 Å². The SMILES string of the molecule is COC(=O)Cc1cnn(-c2cccc(OC)n2)c1. The number of ether oxygens (including phenoxy) is 2. The molecule has 0 N–H and O–H groups in total. The van der Waals surface area contributed by atoms with Crippen molar-refractivity contribution in [3.63, 3.8) is 0 Å². The molecular weight excluding hydrogens is 234 g/mol. The molecule has 0 aliphatic carbocycles. The summed E-state index contributed by atoms with van der Waals surface area (Å²) in [7, 11) is 2.91. The maximum atomic E-state index is 11.1. The van der Waals surface area contributed by atoms with Crippen molar-refractivity contribution in [1.29, 1.82) is 0 Å². The number of nitrogens with zero attached hydrogens (tertiary/aromatic N) is 3. The second-order valence-electron chi connectivity index (χ2n) is 3.58. The standard InChI is InChI=1S/C12H13N3O3/c1-17-11-5-3-4-10(14-11)15-8-9(7-13-15)6-12(16)18-2/h3-5,7-8H,6H2,1-2H3. The van der Waals surface area contributed by atoms with E-state index in [0.717, 1.165) is 5.56 Å². The third-order valence-electron chi connectivity index (χ3n) is 2.36. The van der Waals surface area contributed by atoms with Gasteiger partial charge in [-0.3, -0.25) is 4.79 Å². The molecule has 0 aliphatic heterocycles. The highest BCUT2D eigenvalue weighted by Gasteiger charge is 2.07. The van der Waals surface area contributed by atoms with E-state index in [-0.39, 0.29) is 12.4 Å². The van der Waals surface area contributed by atoms with Crippen LogP contribution in [0.5, 0.6) is 5.88 Å². The summed E-state index contributed by atoms with van der Waals surface area (Å²) in [4.78, 5) is 15.4. The van der Waals surface area contributed by atoms with Gasteiger partial charge in [0.25, 0.3) is 0 Å². The van der Waals surface area contributed by atoms with E-state index >= 15 is 0 Å². The van der Waals surface area contributed by atoms with Crippen LogP contribution in [0.4, 0.5) is 0 Å². The zero-order chi connectivity index (χ0) is 13.0. The number of carbonyl (C=O) groups excluding carboxylic acids is 1. The molecule has 0 aliphatic rings. The number of methoxy groups -OCH3 is 2. The Hall–Kier alpha value is -2.37. The Morgan fingerprint density at radius 1 is 1.39 bits per heavy atom. The van der Waals surface area contributed by atoms with E-state index in [1.165, 1.54) is 7.11 Å². The molecule has 2 heterocycles. The van der Waals surface area contributed by atoms with Gasteiger partial charge >= 0.3 is 5.97 Å². The number of hydrogen-bond acceptors (Lipinski definition) is 5. The number of carbonyl (C=O) groups is 1. The molecule has 2 aromatic heterocycles. The van der Waals surface area contributed by atoms with Gasteiger partial charge in [0.1, 0.15) is 0 Å². The Bertz CT molecular complexity index is 551. The molecule has 0 atom stereocenters. The topological polar surface area (TPSA) is 66.2 Å². The zero-order valence-electron chi connectivity index (χ0n) is 10.2. The van der Waals surface area contributed by atoms with Crippen LogP contribution in [-0.4, -0.2) is 35.0 Å². The molecular formula is C12H13N3O3. The molecule has 0 unspecified atom stereocenters. The first kappa shape index (κ1) is 12.1. The maximum Gasteiger partial charge on any atom is 0.310 e. The highest BCUT2D eigenvalue weighted by atomic mass is 16.5. The monoisotopic (exact) mass is 247 g/mol. The molecule has 18 heavy (non-hydrogen) atoms. The summed E-state index contributed by atoms with van der Waals surface area (Å²) in [6.45, 7) is 0. The summed E-state index contributed by atoms with van der Waals surface area (Å²) in [6.07, 6.45) is 3.54. The van der Waals surface area contributed by atoms with Gasteiger partial charge in [-0.2, -0.15) is 10.1 Å². The van der Waals surface area contributed by atoms with Crippen molar-refractivity contribution >= 4 is 5.97 Å². The van der Waals surface area contributed by atoms with E-state index in [2.05, 4.69) is 14.8 Å². The maximum absolute atomic E-state index is 11.1. The third kappa shape index (κ3) is 2.65. The number of pyridine rings is 1. The Morgan fingerprint density at radius 3 is 2.94 bits per heavy atom. The minimum absolute atomic E-state index is 0.195. The average Bonchev–Trinajstić information content (AvgIpc) is 2.87. The van der Waals surface area contributed by atoms with Crippen molar-refractivity contribution in [2.75, 3.05) is 14.2 Å². The molecule has 6 heteroatoms. The lowest BCUT2D eigenvalue weighted by atomic mass is 10.3. The lowest BCUT2D eigenvalue weighted by molar-refractivity contribution is -0.139. The van der Waals surface area contributed by atoms with Crippen LogP contribution in [0.25, 0.3) is 5.82 Å². The van der Waals surface area contributed by atoms with E-state index in [4.69, 9.17) is 4.74 Å². The van der Waals surface area contributed by atoms with E-state index < -0.39 is 0 Å². The number of esters is 1. The van der Waals surface area contributed by atoms with Crippen molar-refractivity contribution < 1.29 is 14.3 Å². The quantitative estimate of drug-likeness (QED) is 0.754. The Kier molecular flexibility index (Phi) is 3.57. The molecule has 0 amide bonds. The summed E-state index contributed by atoms with van der Waals surface area (Å²) in [5.41, 5.74) is 0.770. The number of hydrogen-bond donors (Lipinski definition) is 0. The summed E-state index contributed by atoms with van der Waals surface area (Å²) >= 11 is 0. The first-order valence-corrected chi connectivity index (χ1v) is 5.34. The largest absolute Gasteiger partial charge is 0.481 e. The van der Waals surface area contributed by atoms with Crippen LogP contribution in [0.3, 0.4) is 0 Å². The van der Waals surface area contributed by atoms with E-state index in [0.29, 0.717) is 11.7 Å². The van der Waals surface area contributed by atoms with Crippen LogP contribution in [-0.2, 0) is 16.0 Å². The summed E-state index contributed by atoms with van der Waals surface area (Å²) in [5, 5.41) is 4.14. The molecule has 6 nitrogen and oxygen atoms in total. The first-order valence-electron chi connectivity index (χ1n) is 5.34. The van der Waals surface area contributed by atoms with Crippen molar-refractivity contribution in [2.24, 2.45) is 0 Å². The molecule has 0 bridgehead atoms. The van der Waals surface area contributed by atoms with E-state index in [9.17, 15) is 4.79 Å². The molecule has 0 aromatic carbocycles. The molecule has 2 aromatic rings. The zero-order valence-corrected chi connectivity index (χ0v) is 10.2. The van der Waals surface area contributed by atoms with Gasteiger partial charge in [0.15, 0.2) is 5.82 Å². The highest BCUT2D eigenvalue weighted by Crippen LogP contribution is 2.11. The molecule has 0 saturated heterocycles. The van der Waals surface area contributed by atoms with Crippen molar-refractivity contribution in [2.45, 2.75) is 6.42 Å². The Morgan fingerprint density at radius 2 is 2.22 bits per heavy atom. The van der Waals surface area contributed by atoms with Crippen molar-refractivity contribution in [3.05, 3.63) is 36.2 Å². The highest BCUT2D eigenvalue weighted by molar-refractivity contribution is 5.72. The summed E-state index contributed by atoms with van der Waals surface area (Å²) in [5.74, 6) is 0.844. The van der Waals surface area contributed by atoms with Gasteiger partial charge in [0, 0.05) is 17.8 Å². The lowest BCUT2D eigenvalue weighted by Gasteiger charge is -2.02. The van der Waals surface area contributed by atoms with Crippen LogP contribution in [0.2, 0.25) is 0 Å². The van der Waals surface area contributed by atoms with Crippen molar-refractivity contribution in [3.8, 4) is 11.7 Å². The van der Waals surface area contributed by atoms with Crippen LogP contribution >= 0.6 is 0 Å². The summed E-state index contributed by atoms with van der Waals surface area (Å²) < 4.78 is 11.2. The number of rotatable bonds is 4. The molecule has 0 radical (unpaired) electrons. The second-order valence-corrected chi connectivity index (χ2v) is 3.58. The van der Waals surface area contributed by atoms with E-state index in [1.807, 2.05) is 6.07 Å². The predicted octanol–water partition coefficient (Wildman–Crippen LogP) is 0.991. The third-order valence-corrected chi connectivity index (χ3v) is 2.36. The minimum Gasteiger partial charge on any atom is -0.481 e.